The van der Waals surface area contributed by atoms with E-state index in [0.29, 0.717) is 18.5 Å². The Kier molecular flexibility index (Phi) is 10.8. The third-order valence-electron chi connectivity index (χ3n) is 5.50. The average molecular weight is 510 g/mol. The van der Waals surface area contributed by atoms with Crippen molar-refractivity contribution in [2.75, 3.05) is 12.3 Å². The second-order valence-electron chi connectivity index (χ2n) is 8.23. The molecule has 0 radical (unpaired) electrons. The number of amides is 4. The van der Waals surface area contributed by atoms with Crippen LogP contribution in [0.15, 0.2) is 24.3 Å². The number of primary amides is 1. The second kappa shape index (κ2) is 13.5. The van der Waals surface area contributed by atoms with Crippen LogP contribution in [0.3, 0.4) is 0 Å². The molecule has 1 aromatic carbocycles. The normalized spacial score (nSPS) is 17.6. The molecule has 1 aliphatic rings. The van der Waals surface area contributed by atoms with E-state index in [2.05, 4.69) is 33.9 Å². The van der Waals surface area contributed by atoms with Gasteiger partial charge in [0.2, 0.25) is 23.6 Å². The predicted octanol–water partition coefficient (Wildman–Crippen LogP) is -1.58. The number of nitrogens with two attached hydrogens (primary N) is 1. The molecular weight excluding hydrogens is 478 g/mol. The van der Waals surface area contributed by atoms with Crippen LogP contribution in [0.1, 0.15) is 31.2 Å². The van der Waals surface area contributed by atoms with Crippen LogP contribution in [-0.2, 0) is 30.4 Å². The molecule has 1 fully saturated rings. The fourth-order valence-corrected chi connectivity index (χ4v) is 3.80. The first-order valence-corrected chi connectivity index (χ1v) is 11.8. The Morgan fingerprint density at radius 3 is 2.20 bits per heavy atom. The molecule has 4 unspecified atom stereocenters. The molecule has 4 amide bonds. The first-order chi connectivity index (χ1) is 16.6. The van der Waals surface area contributed by atoms with Crippen LogP contribution in [-0.4, -0.2) is 76.3 Å². The van der Waals surface area contributed by atoms with Crippen LogP contribution in [0.25, 0.3) is 0 Å². The van der Waals surface area contributed by atoms with Crippen molar-refractivity contribution in [2.24, 2.45) is 5.73 Å². The average Bonchev–Trinajstić information content (AvgIpc) is 3.35. The van der Waals surface area contributed by atoms with Crippen molar-refractivity contribution in [1.29, 1.82) is 0 Å². The fourth-order valence-electron chi connectivity index (χ4n) is 3.54. The number of hydrogen-bond acceptors (Lipinski definition) is 8. The SMILES string of the molecule is NC(=O)CCC(NC(=O)C(CS)NC(=O)C(Cc1ccc(O)cc1)NC(=O)C1CCCN1)C(=O)O. The highest BCUT2D eigenvalue weighted by atomic mass is 32.1. The topological polar surface area (TPSA) is 200 Å². The molecule has 12 nitrogen and oxygen atoms in total. The summed E-state index contributed by atoms with van der Waals surface area (Å²) in [6.07, 6.45) is 1.09. The Morgan fingerprint density at radius 1 is 1.03 bits per heavy atom. The van der Waals surface area contributed by atoms with Crippen molar-refractivity contribution in [3.63, 3.8) is 0 Å². The van der Waals surface area contributed by atoms with Crippen LogP contribution in [0, 0.1) is 0 Å². The van der Waals surface area contributed by atoms with Crippen molar-refractivity contribution in [3.05, 3.63) is 29.8 Å². The van der Waals surface area contributed by atoms with Gasteiger partial charge in [0, 0.05) is 18.6 Å². The van der Waals surface area contributed by atoms with Gasteiger partial charge in [-0.15, -0.1) is 0 Å². The maximum absolute atomic E-state index is 13.1. The number of carbonyl (C=O) groups excluding carboxylic acids is 4. The van der Waals surface area contributed by atoms with E-state index in [9.17, 15) is 34.2 Å². The maximum atomic E-state index is 13.1. The lowest BCUT2D eigenvalue weighted by molar-refractivity contribution is -0.142. The van der Waals surface area contributed by atoms with Crippen molar-refractivity contribution in [2.45, 2.75) is 56.3 Å². The number of aliphatic carboxylic acids is 1. The van der Waals surface area contributed by atoms with Gasteiger partial charge in [0.15, 0.2) is 0 Å². The molecule has 1 aliphatic heterocycles. The third-order valence-corrected chi connectivity index (χ3v) is 5.86. The van der Waals surface area contributed by atoms with Crippen LogP contribution >= 0.6 is 12.6 Å². The van der Waals surface area contributed by atoms with Gasteiger partial charge in [-0.3, -0.25) is 19.2 Å². The van der Waals surface area contributed by atoms with E-state index in [1.807, 2.05) is 0 Å². The summed E-state index contributed by atoms with van der Waals surface area (Å²) >= 11 is 4.09. The minimum absolute atomic E-state index is 0.0464. The Labute approximate surface area is 207 Å². The zero-order valence-corrected chi connectivity index (χ0v) is 19.9. The summed E-state index contributed by atoms with van der Waals surface area (Å²) in [5.41, 5.74) is 5.71. The lowest BCUT2D eigenvalue weighted by Gasteiger charge is -2.24. The third kappa shape index (κ3) is 9.09. The Hall–Kier alpha value is -3.32. The molecule has 35 heavy (non-hydrogen) atoms. The fraction of sp³-hybridized carbons (Fsp3) is 0.500. The number of aromatic hydroxyl groups is 1. The molecular formula is C22H31N5O7S. The van der Waals surface area contributed by atoms with E-state index in [4.69, 9.17) is 5.73 Å². The summed E-state index contributed by atoms with van der Waals surface area (Å²) in [6.45, 7) is 0.690. The lowest BCUT2D eigenvalue weighted by atomic mass is 10.0. The number of phenolic OH excluding ortho intramolecular Hbond substituents is 1. The number of carboxylic acids is 1. The van der Waals surface area contributed by atoms with Crippen molar-refractivity contribution < 1.29 is 34.2 Å². The standard InChI is InChI=1S/C22H31N5O7S/c23-18(29)8-7-15(22(33)34)25-21(32)17(11-35)27-20(31)16(10-12-3-5-13(28)6-4-12)26-19(30)14-2-1-9-24-14/h3-6,14-17,24,28,35H,1-2,7-11H2,(H2,23,29)(H,25,32)(H,26,30)(H,27,31)(H,33,34). The van der Waals surface area contributed by atoms with E-state index >= 15 is 0 Å². The van der Waals surface area contributed by atoms with Gasteiger partial charge >= 0.3 is 5.97 Å². The molecule has 0 saturated carbocycles. The highest BCUT2D eigenvalue weighted by molar-refractivity contribution is 7.80. The number of carbonyl (C=O) groups is 5. The van der Waals surface area contributed by atoms with Gasteiger partial charge in [0.05, 0.1) is 6.04 Å². The molecule has 0 bridgehead atoms. The monoisotopic (exact) mass is 509 g/mol. The molecule has 0 spiro atoms. The summed E-state index contributed by atoms with van der Waals surface area (Å²) in [5.74, 6) is -4.00. The van der Waals surface area contributed by atoms with Gasteiger partial charge in [-0.2, -0.15) is 12.6 Å². The van der Waals surface area contributed by atoms with E-state index in [1.54, 1.807) is 12.1 Å². The molecule has 13 heteroatoms. The van der Waals surface area contributed by atoms with E-state index in [1.165, 1.54) is 12.1 Å². The summed E-state index contributed by atoms with van der Waals surface area (Å²) in [5, 5.41) is 29.3. The summed E-state index contributed by atoms with van der Waals surface area (Å²) in [4.78, 5) is 60.8. The molecule has 0 aliphatic carbocycles. The molecule has 1 saturated heterocycles. The van der Waals surface area contributed by atoms with E-state index < -0.39 is 47.9 Å². The molecule has 1 heterocycles. The zero-order chi connectivity index (χ0) is 26.0. The van der Waals surface area contributed by atoms with Gasteiger partial charge in [-0.25, -0.2) is 4.79 Å². The van der Waals surface area contributed by atoms with Crippen LogP contribution in [0.5, 0.6) is 5.75 Å². The molecule has 4 atom stereocenters. The second-order valence-corrected chi connectivity index (χ2v) is 8.59. The number of rotatable bonds is 13. The smallest absolute Gasteiger partial charge is 0.326 e. The minimum Gasteiger partial charge on any atom is -0.508 e. The predicted molar refractivity (Wildman–Crippen MR) is 129 cm³/mol. The minimum atomic E-state index is -1.38. The molecule has 1 aromatic rings. The van der Waals surface area contributed by atoms with Crippen LogP contribution in [0.4, 0.5) is 0 Å². The van der Waals surface area contributed by atoms with Crippen LogP contribution < -0.4 is 27.0 Å². The van der Waals surface area contributed by atoms with E-state index in [0.717, 1.165) is 6.42 Å². The van der Waals surface area contributed by atoms with Crippen molar-refractivity contribution in [3.8, 4) is 5.75 Å². The Balaban J connectivity index is 2.10. The quantitative estimate of drug-likeness (QED) is 0.146. The Bertz CT molecular complexity index is 921. The largest absolute Gasteiger partial charge is 0.508 e. The van der Waals surface area contributed by atoms with Gasteiger partial charge in [0.1, 0.15) is 23.9 Å². The van der Waals surface area contributed by atoms with Crippen molar-refractivity contribution in [1.82, 2.24) is 21.3 Å². The number of benzene rings is 1. The maximum Gasteiger partial charge on any atom is 0.326 e. The number of hydrogen-bond donors (Lipinski definition) is 8. The highest BCUT2D eigenvalue weighted by Gasteiger charge is 2.31. The molecule has 8 N–H and O–H groups in total. The van der Waals surface area contributed by atoms with Gasteiger partial charge in [0.25, 0.3) is 0 Å². The number of carboxylic acid groups (broad SMARTS) is 1. The van der Waals surface area contributed by atoms with Crippen molar-refractivity contribution >= 4 is 42.2 Å². The molecule has 2 rings (SSSR count). The Morgan fingerprint density at radius 2 is 1.66 bits per heavy atom. The summed E-state index contributed by atoms with van der Waals surface area (Å²) in [7, 11) is 0. The van der Waals surface area contributed by atoms with E-state index in [-0.39, 0.29) is 36.7 Å². The number of phenols is 1. The number of nitrogens with one attached hydrogen (secondary N) is 4. The zero-order valence-electron chi connectivity index (χ0n) is 19.0. The van der Waals surface area contributed by atoms with Gasteiger partial charge in [-0.05, 0) is 43.5 Å². The highest BCUT2D eigenvalue weighted by Crippen LogP contribution is 2.13. The lowest BCUT2D eigenvalue weighted by Crippen LogP contribution is -2.58. The van der Waals surface area contributed by atoms with Crippen LogP contribution in [0.2, 0.25) is 0 Å². The first kappa shape index (κ1) is 27.9. The summed E-state index contributed by atoms with van der Waals surface area (Å²) in [6, 6.07) is 2.05. The summed E-state index contributed by atoms with van der Waals surface area (Å²) < 4.78 is 0. The van der Waals surface area contributed by atoms with Gasteiger partial charge in [-0.1, -0.05) is 12.1 Å². The number of thiol groups is 1. The van der Waals surface area contributed by atoms with Gasteiger partial charge < -0.3 is 37.2 Å². The molecule has 192 valence electrons. The molecule has 0 aromatic heterocycles. The first-order valence-electron chi connectivity index (χ1n) is 11.1.